The van der Waals surface area contributed by atoms with Crippen molar-refractivity contribution in [2.45, 2.75) is 30.7 Å². The number of hydrogen-bond donors (Lipinski definition) is 5. The minimum atomic E-state index is -1.49. The minimum Gasteiger partial charge on any atom is -0.447 e. The first-order chi connectivity index (χ1) is 10.9. The van der Waals surface area contributed by atoms with Crippen LogP contribution in [0.3, 0.4) is 0 Å². The Morgan fingerprint density at radius 3 is 2.65 bits per heavy atom. The highest BCUT2D eigenvalue weighted by Gasteiger charge is 2.44. The number of benzene rings is 1. The summed E-state index contributed by atoms with van der Waals surface area (Å²) in [7, 11) is 0. The molecule has 5 atom stereocenters. The average Bonchev–Trinajstić information content (AvgIpc) is 2.95. The van der Waals surface area contributed by atoms with Crippen LogP contribution in [0.4, 0.5) is 0 Å². The first kappa shape index (κ1) is 17.0. The third-order valence-electron chi connectivity index (χ3n) is 3.76. The number of aliphatic hydroxyl groups excluding tert-OH is 4. The van der Waals surface area contributed by atoms with Crippen molar-refractivity contribution in [1.82, 2.24) is 4.98 Å². The van der Waals surface area contributed by atoms with E-state index in [1.807, 2.05) is 0 Å². The molecule has 1 aromatic carbocycles. The van der Waals surface area contributed by atoms with Gasteiger partial charge in [-0.3, -0.25) is 0 Å². The average molecular weight is 409 g/mol. The minimum absolute atomic E-state index is 0.268. The first-order valence-electron chi connectivity index (χ1n) is 6.86. The molecule has 1 aliphatic heterocycles. The fourth-order valence-electron chi connectivity index (χ4n) is 2.47. The molecule has 23 heavy (non-hydrogen) atoms. The number of fused-ring (bicyclic) bond motifs is 1. The Balaban J connectivity index is 1.85. The fourth-order valence-corrected chi connectivity index (χ4v) is 3.03. The van der Waals surface area contributed by atoms with Crippen molar-refractivity contribution < 1.29 is 29.9 Å². The molecule has 1 fully saturated rings. The van der Waals surface area contributed by atoms with Crippen molar-refractivity contribution in [3.8, 4) is 5.88 Å². The first-order valence-corrected chi connectivity index (χ1v) is 8.03. The molecule has 5 N–H and O–H groups in total. The second-order valence-electron chi connectivity index (χ2n) is 5.27. The summed E-state index contributed by atoms with van der Waals surface area (Å²) in [6, 6.07) is 5.20. The van der Waals surface area contributed by atoms with Gasteiger partial charge in [0.1, 0.15) is 24.4 Å². The highest BCUT2D eigenvalue weighted by atomic mass is 79.9. The number of H-pyrrole nitrogens is 1. The molecule has 0 spiro atoms. The maximum absolute atomic E-state index is 9.97. The number of halogens is 2. The summed E-state index contributed by atoms with van der Waals surface area (Å²) in [5.74, 6) is 0.268. The Hall–Kier alpha value is -0.870. The van der Waals surface area contributed by atoms with Crippen molar-refractivity contribution in [3.05, 3.63) is 27.7 Å². The van der Waals surface area contributed by atoms with Crippen LogP contribution in [-0.2, 0) is 4.74 Å². The number of aliphatic hydroxyl groups is 4. The predicted molar refractivity (Wildman–Crippen MR) is 85.4 cm³/mol. The highest BCUT2D eigenvalue weighted by molar-refractivity contribution is 9.10. The van der Waals surface area contributed by atoms with Crippen LogP contribution in [0, 0.1) is 0 Å². The van der Waals surface area contributed by atoms with Crippen molar-refractivity contribution >= 4 is 38.4 Å². The molecule has 0 aliphatic carbocycles. The fraction of sp³-hybridized carbons (Fsp3) is 0.429. The van der Waals surface area contributed by atoms with Crippen LogP contribution in [0.1, 0.15) is 0 Å². The Bertz CT molecular complexity index is 708. The smallest absolute Gasteiger partial charge is 0.230 e. The van der Waals surface area contributed by atoms with Crippen molar-refractivity contribution in [3.63, 3.8) is 0 Å². The standard InChI is InChI=1S/C14H15BrClNO6/c15-6-1-2-7-5(10(6)16)3-9(17-7)23-14-13(21)12(20)11(19)8(4-18)22-14/h1-3,8,11-14,17-21H,4H2/t8-,11-,12+,13-,14-/m1/s1. The normalized spacial score (nSPS) is 31.5. The predicted octanol–water partition coefficient (Wildman–Crippen LogP) is 0.762. The van der Waals surface area contributed by atoms with Gasteiger partial charge in [0.25, 0.3) is 0 Å². The molecule has 2 heterocycles. The third-order valence-corrected chi connectivity index (χ3v) is 5.05. The highest BCUT2D eigenvalue weighted by Crippen LogP contribution is 2.34. The number of aromatic amines is 1. The van der Waals surface area contributed by atoms with E-state index >= 15 is 0 Å². The molecule has 0 unspecified atom stereocenters. The lowest BCUT2D eigenvalue weighted by atomic mass is 9.99. The molecule has 0 radical (unpaired) electrons. The van der Waals surface area contributed by atoms with Gasteiger partial charge in [-0.15, -0.1) is 0 Å². The zero-order valence-electron chi connectivity index (χ0n) is 11.7. The lowest BCUT2D eigenvalue weighted by molar-refractivity contribution is -0.278. The Morgan fingerprint density at radius 2 is 1.96 bits per heavy atom. The number of aromatic nitrogens is 1. The summed E-state index contributed by atoms with van der Waals surface area (Å²) < 4.78 is 11.5. The van der Waals surface area contributed by atoms with Crippen molar-refractivity contribution in [2.24, 2.45) is 0 Å². The van der Waals surface area contributed by atoms with Crippen LogP contribution >= 0.6 is 27.5 Å². The van der Waals surface area contributed by atoms with Gasteiger partial charge < -0.3 is 34.9 Å². The van der Waals surface area contributed by atoms with Gasteiger partial charge in [0.15, 0.2) is 5.88 Å². The monoisotopic (exact) mass is 407 g/mol. The second kappa shape index (κ2) is 6.56. The molecule has 0 bridgehead atoms. The van der Waals surface area contributed by atoms with Crippen LogP contribution < -0.4 is 4.74 Å². The summed E-state index contributed by atoms with van der Waals surface area (Å²) in [5, 5.41) is 39.8. The maximum Gasteiger partial charge on any atom is 0.230 e. The molecule has 2 aromatic rings. The van der Waals surface area contributed by atoms with Crippen molar-refractivity contribution in [2.75, 3.05) is 6.61 Å². The SMILES string of the molecule is OC[C@H]1O[C@H](Oc2cc3c(Cl)c(Br)ccc3[nH]2)[C@H](O)[C@@H](O)[C@@H]1O. The zero-order valence-corrected chi connectivity index (χ0v) is 14.0. The molecular weight excluding hydrogens is 394 g/mol. The van der Waals surface area contributed by atoms with Gasteiger partial charge in [-0.2, -0.15) is 0 Å². The molecule has 0 saturated carbocycles. The van der Waals surface area contributed by atoms with Gasteiger partial charge >= 0.3 is 0 Å². The van der Waals surface area contributed by atoms with E-state index in [-0.39, 0.29) is 5.88 Å². The van der Waals surface area contributed by atoms with Gasteiger partial charge in [-0.25, -0.2) is 0 Å². The summed E-state index contributed by atoms with van der Waals surface area (Å²) in [4.78, 5) is 2.97. The summed E-state index contributed by atoms with van der Waals surface area (Å²) in [6.07, 6.45) is -6.67. The molecule has 7 nitrogen and oxygen atoms in total. The largest absolute Gasteiger partial charge is 0.447 e. The van der Waals surface area contributed by atoms with Crippen LogP contribution in [-0.4, -0.2) is 62.7 Å². The van der Waals surface area contributed by atoms with E-state index < -0.39 is 37.3 Å². The van der Waals surface area contributed by atoms with Crippen LogP contribution in [0.2, 0.25) is 5.02 Å². The lowest BCUT2D eigenvalue weighted by Crippen LogP contribution is -2.60. The van der Waals surface area contributed by atoms with Crippen LogP contribution in [0.5, 0.6) is 5.88 Å². The molecule has 1 aliphatic rings. The molecule has 9 heteroatoms. The number of rotatable bonds is 3. The summed E-state index contributed by atoms with van der Waals surface area (Å²) in [5.41, 5.74) is 0.720. The quantitative estimate of drug-likeness (QED) is 0.512. The molecule has 1 saturated heterocycles. The van der Waals surface area contributed by atoms with Crippen LogP contribution in [0.15, 0.2) is 22.7 Å². The summed E-state index contributed by atoms with van der Waals surface area (Å²) in [6.45, 7) is -0.518. The second-order valence-corrected chi connectivity index (χ2v) is 6.50. The number of nitrogens with one attached hydrogen (secondary N) is 1. The molecular formula is C14H15BrClNO6. The number of ether oxygens (including phenoxy) is 2. The van der Waals surface area contributed by atoms with Crippen molar-refractivity contribution in [1.29, 1.82) is 0 Å². The molecule has 0 amide bonds. The maximum atomic E-state index is 9.97. The molecule has 3 rings (SSSR count). The Labute approximate surface area is 144 Å². The topological polar surface area (TPSA) is 115 Å². The molecule has 126 valence electrons. The van der Waals surface area contributed by atoms with Gasteiger partial charge in [-0.1, -0.05) is 11.6 Å². The van der Waals surface area contributed by atoms with Crippen LogP contribution in [0.25, 0.3) is 10.9 Å². The van der Waals surface area contributed by atoms with Gasteiger partial charge in [0, 0.05) is 21.4 Å². The Morgan fingerprint density at radius 1 is 1.22 bits per heavy atom. The van der Waals surface area contributed by atoms with E-state index in [2.05, 4.69) is 20.9 Å². The van der Waals surface area contributed by atoms with E-state index in [0.717, 1.165) is 9.99 Å². The van der Waals surface area contributed by atoms with Gasteiger partial charge in [-0.05, 0) is 28.1 Å². The van der Waals surface area contributed by atoms with Gasteiger partial charge in [0.2, 0.25) is 6.29 Å². The van der Waals surface area contributed by atoms with E-state index in [4.69, 9.17) is 26.2 Å². The number of hydrogen-bond acceptors (Lipinski definition) is 6. The van der Waals surface area contributed by atoms with E-state index in [1.54, 1.807) is 18.2 Å². The lowest BCUT2D eigenvalue weighted by Gasteiger charge is -2.39. The van der Waals surface area contributed by atoms with E-state index in [9.17, 15) is 15.3 Å². The van der Waals surface area contributed by atoms with E-state index in [0.29, 0.717) is 10.4 Å². The zero-order chi connectivity index (χ0) is 16.7. The summed E-state index contributed by atoms with van der Waals surface area (Å²) >= 11 is 9.51. The Kier molecular flexibility index (Phi) is 4.84. The molecule has 1 aromatic heterocycles. The van der Waals surface area contributed by atoms with E-state index in [1.165, 1.54) is 0 Å². The third kappa shape index (κ3) is 3.08. The van der Waals surface area contributed by atoms with Gasteiger partial charge in [0.05, 0.1) is 11.6 Å².